The first kappa shape index (κ1) is 8.59. The third-order valence-electron chi connectivity index (χ3n) is 1.59. The first-order valence-electron chi connectivity index (χ1n) is 3.68. The highest BCUT2D eigenvalue weighted by Crippen LogP contribution is 2.22. The normalized spacial score (nSPS) is 9.67. The molecule has 3 heteroatoms. The Balaban J connectivity index is 2.82. The first-order valence-corrected chi connectivity index (χ1v) is 3.68. The molecule has 1 rings (SSSR count). The van der Waals surface area contributed by atoms with Crippen molar-refractivity contribution in [3.8, 4) is 11.5 Å². The van der Waals surface area contributed by atoms with E-state index in [9.17, 15) is 9.90 Å². The van der Waals surface area contributed by atoms with Crippen LogP contribution in [0.2, 0.25) is 0 Å². The second kappa shape index (κ2) is 3.76. The van der Waals surface area contributed by atoms with E-state index in [-0.39, 0.29) is 11.5 Å². The summed E-state index contributed by atoms with van der Waals surface area (Å²) in [7, 11) is 0. The number of hydrogen-bond acceptors (Lipinski definition) is 3. The highest BCUT2D eigenvalue weighted by molar-refractivity contribution is 5.51. The van der Waals surface area contributed by atoms with Crippen LogP contribution in [-0.4, -0.2) is 16.5 Å². The third kappa shape index (κ3) is 1.99. The van der Waals surface area contributed by atoms with Gasteiger partial charge in [-0.15, -0.1) is 0 Å². The smallest absolute Gasteiger partial charge is 0.120 e. The van der Waals surface area contributed by atoms with Gasteiger partial charge in [0.1, 0.15) is 17.8 Å². The van der Waals surface area contributed by atoms with Gasteiger partial charge in [0.05, 0.1) is 0 Å². The summed E-state index contributed by atoms with van der Waals surface area (Å²) in [5.74, 6) is 0.225. The summed E-state index contributed by atoms with van der Waals surface area (Å²) in [6.07, 6.45) is 1.60. The Bertz CT molecular complexity index is 281. The van der Waals surface area contributed by atoms with E-state index >= 15 is 0 Å². The fraction of sp³-hybridized carbons (Fsp3) is 0.222. The van der Waals surface area contributed by atoms with E-state index in [0.29, 0.717) is 18.4 Å². The minimum atomic E-state index is 0.105. The lowest BCUT2D eigenvalue weighted by Crippen LogP contribution is -1.86. The van der Waals surface area contributed by atoms with Crippen molar-refractivity contribution in [2.75, 3.05) is 0 Å². The SMILES string of the molecule is O=CCCc1cc(O)ccc1O. The number of carbonyl (C=O) groups is 1. The van der Waals surface area contributed by atoms with Crippen LogP contribution in [0.3, 0.4) is 0 Å². The maximum Gasteiger partial charge on any atom is 0.120 e. The Morgan fingerprint density at radius 3 is 2.75 bits per heavy atom. The topological polar surface area (TPSA) is 57.5 Å². The molecule has 3 nitrogen and oxygen atoms in total. The average Bonchev–Trinajstić information content (AvgIpc) is 2.07. The van der Waals surface area contributed by atoms with Crippen molar-refractivity contribution in [2.24, 2.45) is 0 Å². The molecule has 0 bridgehead atoms. The van der Waals surface area contributed by atoms with E-state index in [1.807, 2.05) is 0 Å². The van der Waals surface area contributed by atoms with E-state index in [1.165, 1.54) is 18.2 Å². The molecule has 0 saturated carbocycles. The number of aldehydes is 1. The number of aromatic hydroxyl groups is 2. The van der Waals surface area contributed by atoms with Crippen molar-refractivity contribution in [3.05, 3.63) is 23.8 Å². The molecule has 0 spiro atoms. The molecule has 0 aliphatic rings. The zero-order chi connectivity index (χ0) is 8.97. The third-order valence-corrected chi connectivity index (χ3v) is 1.59. The zero-order valence-corrected chi connectivity index (χ0v) is 6.53. The van der Waals surface area contributed by atoms with Crippen LogP contribution in [0.15, 0.2) is 18.2 Å². The van der Waals surface area contributed by atoms with Crippen LogP contribution in [0, 0.1) is 0 Å². The fourth-order valence-electron chi connectivity index (χ4n) is 0.987. The van der Waals surface area contributed by atoms with Gasteiger partial charge >= 0.3 is 0 Å². The second-order valence-corrected chi connectivity index (χ2v) is 2.52. The summed E-state index contributed by atoms with van der Waals surface area (Å²) in [5.41, 5.74) is 0.599. The summed E-state index contributed by atoms with van der Waals surface area (Å²) < 4.78 is 0. The average molecular weight is 166 g/mol. The highest BCUT2D eigenvalue weighted by atomic mass is 16.3. The van der Waals surface area contributed by atoms with Crippen molar-refractivity contribution in [3.63, 3.8) is 0 Å². The molecule has 0 heterocycles. The Kier molecular flexibility index (Phi) is 2.69. The molecule has 64 valence electrons. The number of phenols is 2. The van der Waals surface area contributed by atoms with E-state index in [1.54, 1.807) is 0 Å². The fourth-order valence-corrected chi connectivity index (χ4v) is 0.987. The van der Waals surface area contributed by atoms with Crippen LogP contribution in [0.25, 0.3) is 0 Å². The van der Waals surface area contributed by atoms with Crippen molar-refractivity contribution in [1.82, 2.24) is 0 Å². The largest absolute Gasteiger partial charge is 0.508 e. The Morgan fingerprint density at radius 1 is 1.33 bits per heavy atom. The van der Waals surface area contributed by atoms with Gasteiger partial charge in [0, 0.05) is 6.42 Å². The molecule has 0 unspecified atom stereocenters. The van der Waals surface area contributed by atoms with Crippen LogP contribution >= 0.6 is 0 Å². The number of carbonyl (C=O) groups excluding carboxylic acids is 1. The van der Waals surface area contributed by atoms with Gasteiger partial charge in [-0.25, -0.2) is 0 Å². The molecule has 2 N–H and O–H groups in total. The minimum Gasteiger partial charge on any atom is -0.508 e. The molecule has 0 aromatic heterocycles. The number of benzene rings is 1. The van der Waals surface area contributed by atoms with Gasteiger partial charge in [-0.05, 0) is 30.2 Å². The zero-order valence-electron chi connectivity index (χ0n) is 6.53. The van der Waals surface area contributed by atoms with Crippen molar-refractivity contribution in [1.29, 1.82) is 0 Å². The van der Waals surface area contributed by atoms with Gasteiger partial charge in [-0.1, -0.05) is 0 Å². The molecular weight excluding hydrogens is 156 g/mol. The second-order valence-electron chi connectivity index (χ2n) is 2.52. The monoisotopic (exact) mass is 166 g/mol. The van der Waals surface area contributed by atoms with Crippen LogP contribution in [0.1, 0.15) is 12.0 Å². The van der Waals surface area contributed by atoms with Gasteiger partial charge < -0.3 is 15.0 Å². The molecule has 12 heavy (non-hydrogen) atoms. The maximum absolute atomic E-state index is 10.0. The predicted octanol–water partition coefficient (Wildman–Crippen LogP) is 1.23. The Morgan fingerprint density at radius 2 is 2.08 bits per heavy atom. The quantitative estimate of drug-likeness (QED) is 0.524. The van der Waals surface area contributed by atoms with Crippen LogP contribution in [-0.2, 0) is 11.2 Å². The lowest BCUT2D eigenvalue weighted by molar-refractivity contribution is -0.107. The number of hydrogen-bond donors (Lipinski definition) is 2. The molecule has 0 atom stereocenters. The molecule has 1 aromatic rings. The van der Waals surface area contributed by atoms with Gasteiger partial charge in [0.15, 0.2) is 0 Å². The number of rotatable bonds is 3. The van der Waals surface area contributed by atoms with Crippen LogP contribution in [0.5, 0.6) is 11.5 Å². The molecular formula is C9H10O3. The van der Waals surface area contributed by atoms with Crippen molar-refractivity contribution >= 4 is 6.29 Å². The van der Waals surface area contributed by atoms with Gasteiger partial charge in [0.25, 0.3) is 0 Å². The summed E-state index contributed by atoms with van der Waals surface area (Å²) in [4.78, 5) is 10.0. The van der Waals surface area contributed by atoms with E-state index < -0.39 is 0 Å². The van der Waals surface area contributed by atoms with Crippen LogP contribution < -0.4 is 0 Å². The summed E-state index contributed by atoms with van der Waals surface area (Å²) in [6, 6.07) is 4.27. The lowest BCUT2D eigenvalue weighted by atomic mass is 10.1. The predicted molar refractivity (Wildman–Crippen MR) is 44.2 cm³/mol. The van der Waals surface area contributed by atoms with Crippen molar-refractivity contribution in [2.45, 2.75) is 12.8 Å². The number of aryl methyl sites for hydroxylation is 1. The summed E-state index contributed by atoms with van der Waals surface area (Å²) in [5, 5.41) is 18.3. The minimum absolute atomic E-state index is 0.105. The highest BCUT2D eigenvalue weighted by Gasteiger charge is 2.00. The first-order chi connectivity index (χ1) is 5.74. The Labute approximate surface area is 70.3 Å². The standard InChI is InChI=1S/C9H10O3/c10-5-1-2-7-6-8(11)3-4-9(7)12/h3-6,11-12H,1-2H2. The summed E-state index contributed by atoms with van der Waals surface area (Å²) >= 11 is 0. The Hall–Kier alpha value is -1.51. The van der Waals surface area contributed by atoms with Gasteiger partial charge in [0.2, 0.25) is 0 Å². The molecule has 0 amide bonds. The van der Waals surface area contributed by atoms with E-state index in [2.05, 4.69) is 0 Å². The van der Waals surface area contributed by atoms with Crippen molar-refractivity contribution < 1.29 is 15.0 Å². The number of phenolic OH excluding ortho intramolecular Hbond substituents is 2. The maximum atomic E-state index is 10.0. The van der Waals surface area contributed by atoms with Gasteiger partial charge in [-0.2, -0.15) is 0 Å². The molecule has 1 aromatic carbocycles. The molecule has 0 saturated heterocycles. The van der Waals surface area contributed by atoms with E-state index in [4.69, 9.17) is 5.11 Å². The molecule has 0 radical (unpaired) electrons. The molecule has 0 fully saturated rings. The summed E-state index contributed by atoms with van der Waals surface area (Å²) in [6.45, 7) is 0. The molecule has 0 aliphatic heterocycles. The lowest BCUT2D eigenvalue weighted by Gasteiger charge is -2.01. The van der Waals surface area contributed by atoms with Gasteiger partial charge in [-0.3, -0.25) is 0 Å². The van der Waals surface area contributed by atoms with Crippen LogP contribution in [0.4, 0.5) is 0 Å². The molecule has 0 aliphatic carbocycles. The van der Waals surface area contributed by atoms with E-state index in [0.717, 1.165) is 6.29 Å².